The van der Waals surface area contributed by atoms with Crippen molar-refractivity contribution in [3.63, 3.8) is 0 Å². The van der Waals surface area contributed by atoms with E-state index in [-0.39, 0.29) is 0 Å². The van der Waals surface area contributed by atoms with Gasteiger partial charge in [0.15, 0.2) is 0 Å². The number of hydrogen-bond donors (Lipinski definition) is 2. The van der Waals surface area contributed by atoms with Gasteiger partial charge in [0, 0.05) is 24.2 Å². The molecule has 0 aromatic carbocycles. The predicted molar refractivity (Wildman–Crippen MR) is 58.0 cm³/mol. The van der Waals surface area contributed by atoms with E-state index in [0.29, 0.717) is 11.1 Å². The number of hydrogen-bond acceptors (Lipinski definition) is 2. The number of nitrogens with one attached hydrogen (secondary N) is 2. The van der Waals surface area contributed by atoms with E-state index in [0.717, 1.165) is 13.1 Å². The smallest absolute Gasteiger partial charge is 0.0302 e. The molecule has 1 saturated heterocycles. The minimum atomic E-state index is 0.313. The second kappa shape index (κ2) is 3.97. The lowest BCUT2D eigenvalue weighted by Gasteiger charge is -2.46. The molecule has 0 aliphatic carbocycles. The highest BCUT2D eigenvalue weighted by Crippen LogP contribution is 2.22. The fourth-order valence-corrected chi connectivity index (χ4v) is 1.89. The summed E-state index contributed by atoms with van der Waals surface area (Å²) >= 11 is 0. The molecule has 0 spiro atoms. The molecule has 1 unspecified atom stereocenters. The molecule has 0 amide bonds. The number of piperazine rings is 1. The van der Waals surface area contributed by atoms with E-state index < -0.39 is 0 Å². The molecule has 1 atom stereocenters. The summed E-state index contributed by atoms with van der Waals surface area (Å²) in [5.74, 6) is 0. The lowest BCUT2D eigenvalue weighted by atomic mass is 9.85. The first kappa shape index (κ1) is 11.0. The van der Waals surface area contributed by atoms with Gasteiger partial charge in [0.2, 0.25) is 0 Å². The summed E-state index contributed by atoms with van der Waals surface area (Å²) in [5.41, 5.74) is 0.669. The molecule has 0 aromatic rings. The molecule has 2 N–H and O–H groups in total. The summed E-state index contributed by atoms with van der Waals surface area (Å²) in [6.07, 6.45) is 3.64. The minimum Gasteiger partial charge on any atom is -0.308 e. The Morgan fingerprint density at radius 1 is 0.923 bits per heavy atom. The third-order valence-corrected chi connectivity index (χ3v) is 3.84. The Hall–Kier alpha value is -0.0800. The van der Waals surface area contributed by atoms with Crippen LogP contribution in [0.3, 0.4) is 0 Å². The van der Waals surface area contributed by atoms with E-state index in [1.165, 1.54) is 19.3 Å². The van der Waals surface area contributed by atoms with Crippen molar-refractivity contribution < 1.29 is 0 Å². The standard InChI is InChI=1S/C11H24N2/c1-5-10(4)8-13-11(6-2,7-3)9-12-10/h12-13H,5-9H2,1-4H3. The predicted octanol–water partition coefficient (Wildman–Crippen LogP) is 1.91. The van der Waals surface area contributed by atoms with Crippen LogP contribution in [-0.2, 0) is 0 Å². The molecule has 2 nitrogen and oxygen atoms in total. The van der Waals surface area contributed by atoms with Crippen LogP contribution in [0.4, 0.5) is 0 Å². The van der Waals surface area contributed by atoms with Gasteiger partial charge in [-0.2, -0.15) is 0 Å². The molecular formula is C11H24N2. The van der Waals surface area contributed by atoms with Gasteiger partial charge < -0.3 is 10.6 Å². The zero-order valence-electron chi connectivity index (χ0n) is 9.54. The monoisotopic (exact) mass is 184 g/mol. The maximum absolute atomic E-state index is 3.71. The zero-order valence-corrected chi connectivity index (χ0v) is 9.54. The van der Waals surface area contributed by atoms with Gasteiger partial charge in [0.25, 0.3) is 0 Å². The third-order valence-electron chi connectivity index (χ3n) is 3.84. The SMILES string of the molecule is CCC1(C)CNC(CC)(CC)CN1. The van der Waals surface area contributed by atoms with Crippen molar-refractivity contribution in [2.45, 2.75) is 58.0 Å². The summed E-state index contributed by atoms with van der Waals surface area (Å²) in [6.45, 7) is 11.3. The second-order valence-corrected chi connectivity index (χ2v) is 4.61. The Morgan fingerprint density at radius 3 is 1.85 bits per heavy atom. The molecule has 78 valence electrons. The van der Waals surface area contributed by atoms with E-state index >= 15 is 0 Å². The fraction of sp³-hybridized carbons (Fsp3) is 1.00. The molecule has 1 fully saturated rings. The van der Waals surface area contributed by atoms with Crippen molar-refractivity contribution in [1.29, 1.82) is 0 Å². The van der Waals surface area contributed by atoms with Gasteiger partial charge >= 0.3 is 0 Å². The fourth-order valence-electron chi connectivity index (χ4n) is 1.89. The van der Waals surface area contributed by atoms with Gasteiger partial charge in [-0.15, -0.1) is 0 Å². The topological polar surface area (TPSA) is 24.1 Å². The molecule has 0 aromatic heterocycles. The lowest BCUT2D eigenvalue weighted by molar-refractivity contribution is 0.164. The summed E-state index contributed by atoms with van der Waals surface area (Å²) in [7, 11) is 0. The minimum absolute atomic E-state index is 0.313. The Bertz CT molecular complexity index is 151. The molecule has 0 saturated carbocycles. The van der Waals surface area contributed by atoms with Crippen LogP contribution in [0.5, 0.6) is 0 Å². The first-order chi connectivity index (χ1) is 6.10. The Morgan fingerprint density at radius 2 is 1.54 bits per heavy atom. The van der Waals surface area contributed by atoms with E-state index in [4.69, 9.17) is 0 Å². The van der Waals surface area contributed by atoms with Crippen molar-refractivity contribution >= 4 is 0 Å². The van der Waals surface area contributed by atoms with E-state index in [1.807, 2.05) is 0 Å². The lowest BCUT2D eigenvalue weighted by Crippen LogP contribution is -2.67. The van der Waals surface area contributed by atoms with Crippen LogP contribution in [0.15, 0.2) is 0 Å². The summed E-state index contributed by atoms with van der Waals surface area (Å²) in [4.78, 5) is 0. The molecule has 0 bridgehead atoms. The van der Waals surface area contributed by atoms with E-state index in [2.05, 4.69) is 38.3 Å². The molecule has 1 rings (SSSR count). The van der Waals surface area contributed by atoms with Crippen LogP contribution in [0.2, 0.25) is 0 Å². The van der Waals surface area contributed by atoms with Gasteiger partial charge in [-0.25, -0.2) is 0 Å². The van der Waals surface area contributed by atoms with Crippen molar-refractivity contribution in [1.82, 2.24) is 10.6 Å². The Labute approximate surface area is 82.5 Å². The van der Waals surface area contributed by atoms with Crippen molar-refractivity contribution in [2.75, 3.05) is 13.1 Å². The normalized spacial score (nSPS) is 33.2. The largest absolute Gasteiger partial charge is 0.308 e. The average Bonchev–Trinajstić information content (AvgIpc) is 2.20. The maximum Gasteiger partial charge on any atom is 0.0302 e. The molecular weight excluding hydrogens is 160 g/mol. The van der Waals surface area contributed by atoms with Gasteiger partial charge in [-0.1, -0.05) is 20.8 Å². The van der Waals surface area contributed by atoms with Crippen molar-refractivity contribution in [3.8, 4) is 0 Å². The van der Waals surface area contributed by atoms with Crippen molar-refractivity contribution in [2.24, 2.45) is 0 Å². The summed E-state index contributed by atoms with van der Waals surface area (Å²) in [6, 6.07) is 0. The number of rotatable bonds is 3. The molecule has 1 heterocycles. The highest BCUT2D eigenvalue weighted by Gasteiger charge is 2.35. The van der Waals surface area contributed by atoms with Gasteiger partial charge in [0.1, 0.15) is 0 Å². The average molecular weight is 184 g/mol. The molecule has 1 aliphatic rings. The molecule has 1 aliphatic heterocycles. The highest BCUT2D eigenvalue weighted by molar-refractivity contribution is 4.99. The van der Waals surface area contributed by atoms with E-state index in [1.54, 1.807) is 0 Å². The summed E-state index contributed by atoms with van der Waals surface area (Å²) in [5, 5.41) is 7.39. The van der Waals surface area contributed by atoms with Gasteiger partial charge in [-0.3, -0.25) is 0 Å². The zero-order chi connectivity index (χ0) is 9.95. The second-order valence-electron chi connectivity index (χ2n) is 4.61. The quantitative estimate of drug-likeness (QED) is 0.700. The van der Waals surface area contributed by atoms with Crippen LogP contribution in [0.25, 0.3) is 0 Å². The first-order valence-electron chi connectivity index (χ1n) is 5.60. The van der Waals surface area contributed by atoms with Crippen LogP contribution >= 0.6 is 0 Å². The third kappa shape index (κ3) is 2.23. The first-order valence-corrected chi connectivity index (χ1v) is 5.60. The van der Waals surface area contributed by atoms with Crippen LogP contribution in [0.1, 0.15) is 47.0 Å². The molecule has 13 heavy (non-hydrogen) atoms. The maximum atomic E-state index is 3.71. The summed E-state index contributed by atoms with van der Waals surface area (Å²) < 4.78 is 0. The molecule has 2 heteroatoms. The Kier molecular flexibility index (Phi) is 3.36. The van der Waals surface area contributed by atoms with Crippen molar-refractivity contribution in [3.05, 3.63) is 0 Å². The van der Waals surface area contributed by atoms with Crippen LogP contribution in [0, 0.1) is 0 Å². The highest BCUT2D eigenvalue weighted by atomic mass is 15.2. The Balaban J connectivity index is 2.54. The van der Waals surface area contributed by atoms with Crippen LogP contribution < -0.4 is 10.6 Å². The van der Waals surface area contributed by atoms with Gasteiger partial charge in [0.05, 0.1) is 0 Å². The van der Waals surface area contributed by atoms with E-state index in [9.17, 15) is 0 Å². The molecule has 0 radical (unpaired) electrons. The van der Waals surface area contributed by atoms with Crippen LogP contribution in [-0.4, -0.2) is 24.2 Å². The van der Waals surface area contributed by atoms with Gasteiger partial charge in [-0.05, 0) is 26.2 Å².